The molecule has 0 aromatic rings. The van der Waals surface area contributed by atoms with E-state index >= 15 is 0 Å². The van der Waals surface area contributed by atoms with Crippen LogP contribution in [0.4, 0.5) is 4.79 Å². The van der Waals surface area contributed by atoms with Crippen LogP contribution in [0.1, 0.15) is 34.1 Å². The molecule has 0 aromatic carbocycles. The minimum absolute atomic E-state index is 0.157. The molecule has 2 rings (SSSR count). The smallest absolute Gasteiger partial charge is 0.410 e. The van der Waals surface area contributed by atoms with E-state index in [1.807, 2.05) is 25.7 Å². The lowest BCUT2D eigenvalue weighted by Gasteiger charge is -2.40. The van der Waals surface area contributed by atoms with Gasteiger partial charge in [0.05, 0.1) is 0 Å². The maximum Gasteiger partial charge on any atom is 0.410 e. The maximum absolute atomic E-state index is 12.1. The normalized spacial score (nSPS) is 28.5. The van der Waals surface area contributed by atoms with Gasteiger partial charge in [-0.2, -0.15) is 0 Å². The van der Waals surface area contributed by atoms with E-state index in [0.29, 0.717) is 11.8 Å². The molecule has 5 nitrogen and oxygen atoms in total. The van der Waals surface area contributed by atoms with Crippen molar-refractivity contribution in [1.82, 2.24) is 15.1 Å². The number of amides is 1. The number of carbonyl (C=O) groups excluding carboxylic acids is 1. The standard InChI is InChI=1S/C16H31N3O2/c1-13-11-19(15(20)21-16(2,3)4)8-5-14(13)12-18-9-6-17-7-10-18/h13-14,17H,5-12H2,1-4H3/t13-,14-/m1/s1. The zero-order valence-corrected chi connectivity index (χ0v) is 14.0. The van der Waals surface area contributed by atoms with Crippen LogP contribution in [-0.4, -0.2) is 67.3 Å². The lowest BCUT2D eigenvalue weighted by atomic mass is 9.86. The fraction of sp³-hybridized carbons (Fsp3) is 0.938. The quantitative estimate of drug-likeness (QED) is 0.844. The highest BCUT2D eigenvalue weighted by molar-refractivity contribution is 5.68. The van der Waals surface area contributed by atoms with Crippen LogP contribution in [0.15, 0.2) is 0 Å². The number of carbonyl (C=O) groups is 1. The van der Waals surface area contributed by atoms with Crippen LogP contribution < -0.4 is 5.32 Å². The molecule has 0 aliphatic carbocycles. The number of piperazine rings is 1. The van der Waals surface area contributed by atoms with E-state index in [-0.39, 0.29) is 6.09 Å². The second-order valence-corrected chi connectivity index (χ2v) is 7.50. The number of piperidine rings is 1. The number of nitrogens with zero attached hydrogens (tertiary/aromatic N) is 2. The van der Waals surface area contributed by atoms with E-state index in [1.165, 1.54) is 6.54 Å². The van der Waals surface area contributed by atoms with Gasteiger partial charge in [0, 0.05) is 45.8 Å². The molecule has 2 aliphatic heterocycles. The van der Waals surface area contributed by atoms with Crippen LogP contribution >= 0.6 is 0 Å². The van der Waals surface area contributed by atoms with Crippen molar-refractivity contribution < 1.29 is 9.53 Å². The van der Waals surface area contributed by atoms with Crippen LogP contribution in [0.25, 0.3) is 0 Å². The third kappa shape index (κ3) is 5.15. The Kier molecular flexibility index (Phi) is 5.49. The molecular formula is C16H31N3O2. The summed E-state index contributed by atoms with van der Waals surface area (Å²) in [5, 5.41) is 3.40. The molecule has 1 N–H and O–H groups in total. The van der Waals surface area contributed by atoms with Gasteiger partial charge in [0.15, 0.2) is 0 Å². The molecule has 0 radical (unpaired) electrons. The largest absolute Gasteiger partial charge is 0.444 e. The van der Waals surface area contributed by atoms with Gasteiger partial charge in [-0.05, 0) is 39.0 Å². The van der Waals surface area contributed by atoms with E-state index < -0.39 is 5.60 Å². The number of hydrogen-bond acceptors (Lipinski definition) is 4. The fourth-order valence-corrected chi connectivity index (χ4v) is 3.18. The number of hydrogen-bond donors (Lipinski definition) is 1. The van der Waals surface area contributed by atoms with Gasteiger partial charge in [-0.1, -0.05) is 6.92 Å². The summed E-state index contributed by atoms with van der Waals surface area (Å²) in [5.74, 6) is 1.24. The molecule has 0 bridgehead atoms. The highest BCUT2D eigenvalue weighted by atomic mass is 16.6. The van der Waals surface area contributed by atoms with Gasteiger partial charge in [0.2, 0.25) is 0 Å². The Hall–Kier alpha value is -0.810. The van der Waals surface area contributed by atoms with Crippen LogP contribution in [-0.2, 0) is 4.74 Å². The van der Waals surface area contributed by atoms with Crippen molar-refractivity contribution in [3.8, 4) is 0 Å². The summed E-state index contributed by atoms with van der Waals surface area (Å²) in [7, 11) is 0. The molecule has 21 heavy (non-hydrogen) atoms. The van der Waals surface area contributed by atoms with Crippen molar-refractivity contribution in [1.29, 1.82) is 0 Å². The molecular weight excluding hydrogens is 266 g/mol. The lowest BCUT2D eigenvalue weighted by molar-refractivity contribution is 0.00866. The fourth-order valence-electron chi connectivity index (χ4n) is 3.18. The van der Waals surface area contributed by atoms with Crippen molar-refractivity contribution in [2.24, 2.45) is 11.8 Å². The zero-order valence-electron chi connectivity index (χ0n) is 14.0. The van der Waals surface area contributed by atoms with Crippen molar-refractivity contribution in [3.63, 3.8) is 0 Å². The Morgan fingerprint density at radius 2 is 1.90 bits per heavy atom. The Morgan fingerprint density at radius 3 is 2.48 bits per heavy atom. The highest BCUT2D eigenvalue weighted by Crippen LogP contribution is 2.25. The van der Waals surface area contributed by atoms with E-state index in [9.17, 15) is 4.79 Å². The van der Waals surface area contributed by atoms with Gasteiger partial charge in [0.25, 0.3) is 0 Å². The second-order valence-electron chi connectivity index (χ2n) is 7.50. The van der Waals surface area contributed by atoms with E-state index in [1.54, 1.807) is 0 Å². The first-order chi connectivity index (χ1) is 9.85. The van der Waals surface area contributed by atoms with E-state index in [0.717, 1.165) is 45.7 Å². The molecule has 0 unspecified atom stereocenters. The summed E-state index contributed by atoms with van der Waals surface area (Å²) in [6.45, 7) is 15.4. The summed E-state index contributed by atoms with van der Waals surface area (Å²) in [4.78, 5) is 16.6. The predicted molar refractivity (Wildman–Crippen MR) is 84.4 cm³/mol. The zero-order chi connectivity index (χ0) is 15.5. The Bertz CT molecular complexity index is 348. The Balaban J connectivity index is 1.79. The summed E-state index contributed by atoms with van der Waals surface area (Å²) >= 11 is 0. The molecule has 0 aromatic heterocycles. The molecule has 2 heterocycles. The Morgan fingerprint density at radius 1 is 1.24 bits per heavy atom. The van der Waals surface area contributed by atoms with Gasteiger partial charge in [-0.25, -0.2) is 4.79 Å². The average Bonchev–Trinajstić information content (AvgIpc) is 2.40. The first-order valence-corrected chi connectivity index (χ1v) is 8.26. The molecule has 1 amide bonds. The number of ether oxygens (including phenoxy) is 1. The number of likely N-dealkylation sites (tertiary alicyclic amines) is 1. The molecule has 122 valence electrons. The third-order valence-corrected chi connectivity index (χ3v) is 4.44. The van der Waals surface area contributed by atoms with Crippen LogP contribution in [0.3, 0.4) is 0 Å². The Labute approximate surface area is 129 Å². The summed E-state index contributed by atoms with van der Waals surface area (Å²) < 4.78 is 5.48. The predicted octanol–water partition coefficient (Wildman–Crippen LogP) is 1.78. The molecule has 0 spiro atoms. The van der Waals surface area contributed by atoms with Gasteiger partial charge >= 0.3 is 6.09 Å². The molecule has 5 heteroatoms. The minimum Gasteiger partial charge on any atom is -0.444 e. The summed E-state index contributed by atoms with van der Waals surface area (Å²) in [6, 6.07) is 0. The molecule has 2 fully saturated rings. The summed E-state index contributed by atoms with van der Waals surface area (Å²) in [6.07, 6.45) is 0.930. The minimum atomic E-state index is -0.405. The van der Waals surface area contributed by atoms with Gasteiger partial charge in [0.1, 0.15) is 5.60 Å². The van der Waals surface area contributed by atoms with Crippen molar-refractivity contribution in [2.45, 2.75) is 39.7 Å². The van der Waals surface area contributed by atoms with Gasteiger partial charge in [-0.15, -0.1) is 0 Å². The van der Waals surface area contributed by atoms with Gasteiger partial charge < -0.3 is 19.9 Å². The average molecular weight is 297 g/mol. The molecule has 0 saturated carbocycles. The van der Waals surface area contributed by atoms with Crippen molar-refractivity contribution in [2.75, 3.05) is 45.8 Å². The molecule has 2 aliphatic rings. The summed E-state index contributed by atoms with van der Waals surface area (Å²) in [5.41, 5.74) is -0.405. The monoisotopic (exact) mass is 297 g/mol. The van der Waals surface area contributed by atoms with Gasteiger partial charge in [-0.3, -0.25) is 0 Å². The maximum atomic E-state index is 12.1. The third-order valence-electron chi connectivity index (χ3n) is 4.44. The molecule has 2 saturated heterocycles. The topological polar surface area (TPSA) is 44.8 Å². The first kappa shape index (κ1) is 16.6. The first-order valence-electron chi connectivity index (χ1n) is 8.26. The second kappa shape index (κ2) is 6.97. The van der Waals surface area contributed by atoms with Crippen LogP contribution in [0.2, 0.25) is 0 Å². The number of nitrogens with one attached hydrogen (secondary N) is 1. The SMILES string of the molecule is C[C@@H]1CN(C(=O)OC(C)(C)C)CC[C@@H]1CN1CCNCC1. The van der Waals surface area contributed by atoms with Crippen LogP contribution in [0.5, 0.6) is 0 Å². The van der Waals surface area contributed by atoms with E-state index in [4.69, 9.17) is 4.74 Å². The van der Waals surface area contributed by atoms with E-state index in [2.05, 4.69) is 17.1 Å². The molecule has 2 atom stereocenters. The van der Waals surface area contributed by atoms with Crippen molar-refractivity contribution in [3.05, 3.63) is 0 Å². The number of rotatable bonds is 2. The lowest BCUT2D eigenvalue weighted by Crippen LogP contribution is -2.50. The van der Waals surface area contributed by atoms with Crippen LogP contribution in [0, 0.1) is 11.8 Å². The highest BCUT2D eigenvalue weighted by Gasteiger charge is 2.32. The van der Waals surface area contributed by atoms with Crippen molar-refractivity contribution >= 4 is 6.09 Å².